The second-order valence-electron chi connectivity index (χ2n) is 14.0. The summed E-state index contributed by atoms with van der Waals surface area (Å²) < 4.78 is 0. The number of nitrogens with zero attached hydrogens (tertiary/aromatic N) is 3. The zero-order valence-corrected chi connectivity index (χ0v) is 31.0. The van der Waals surface area contributed by atoms with Gasteiger partial charge < -0.3 is 16.0 Å². The van der Waals surface area contributed by atoms with E-state index >= 15 is 0 Å². The molecule has 268 valence electrons. The number of nitrogen functional groups attached to an aromatic ring is 1. The fraction of sp³-hybridized carbons (Fsp3) is 0.0588. The molecule has 5 nitrogen and oxygen atoms in total. The third kappa shape index (κ3) is 6.34. The first-order valence-corrected chi connectivity index (χ1v) is 19.0. The Kier molecular flexibility index (Phi) is 9.07. The van der Waals surface area contributed by atoms with Gasteiger partial charge in [-0.05, 0) is 88.3 Å². The van der Waals surface area contributed by atoms with Crippen LogP contribution in [0.15, 0.2) is 182 Å². The third-order valence-corrected chi connectivity index (χ3v) is 10.7. The molecule has 1 aliphatic rings. The Bertz CT molecular complexity index is 2690. The molecule has 9 rings (SSSR count). The van der Waals surface area contributed by atoms with Gasteiger partial charge in [0.1, 0.15) is 6.17 Å². The largest absolute Gasteiger partial charge is 0.398 e. The van der Waals surface area contributed by atoms with Gasteiger partial charge in [0.05, 0.1) is 34.4 Å². The van der Waals surface area contributed by atoms with Gasteiger partial charge in [0, 0.05) is 33.6 Å². The number of hydrogen-bond donors (Lipinski definition) is 2. The fourth-order valence-electron chi connectivity index (χ4n) is 7.94. The molecule has 3 N–H and O–H groups in total. The average molecular weight is 722 g/mol. The predicted molar refractivity (Wildman–Crippen MR) is 232 cm³/mol. The van der Waals surface area contributed by atoms with E-state index in [1.165, 1.54) is 0 Å². The van der Waals surface area contributed by atoms with Gasteiger partial charge in [-0.15, -0.1) is 0 Å². The molecule has 0 spiro atoms. The normalized spacial score (nSPS) is 13.1. The van der Waals surface area contributed by atoms with E-state index in [1.54, 1.807) is 0 Å². The smallest absolute Gasteiger partial charge is 0.104 e. The fourth-order valence-corrected chi connectivity index (χ4v) is 7.94. The Labute approximate surface area is 328 Å². The van der Waals surface area contributed by atoms with Crippen molar-refractivity contribution in [2.24, 2.45) is 0 Å². The van der Waals surface area contributed by atoms with Gasteiger partial charge in [-0.3, -0.25) is 0 Å². The van der Waals surface area contributed by atoms with E-state index in [0.29, 0.717) is 11.3 Å². The number of anilines is 4. The van der Waals surface area contributed by atoms with Gasteiger partial charge in [0.2, 0.25) is 0 Å². The van der Waals surface area contributed by atoms with Crippen molar-refractivity contribution in [3.8, 4) is 73.1 Å². The lowest BCUT2D eigenvalue weighted by Crippen LogP contribution is -2.30. The Morgan fingerprint density at radius 1 is 0.554 bits per heavy atom. The molecule has 7 aromatic carbocycles. The van der Waals surface area contributed by atoms with Crippen LogP contribution in [-0.2, 0) is 0 Å². The topological polar surface area (TPSA) is 78.0 Å². The number of nitriles is 1. The van der Waals surface area contributed by atoms with Crippen molar-refractivity contribution >= 4 is 22.7 Å². The van der Waals surface area contributed by atoms with Crippen LogP contribution in [0.1, 0.15) is 18.9 Å². The lowest BCUT2D eigenvalue weighted by molar-refractivity contribution is 0.728. The maximum atomic E-state index is 10.5. The first-order chi connectivity index (χ1) is 27.6. The number of fused-ring (bicyclic) bond motifs is 1. The van der Waals surface area contributed by atoms with E-state index in [4.69, 9.17) is 10.7 Å². The molecule has 0 bridgehead atoms. The van der Waals surface area contributed by atoms with Gasteiger partial charge in [0.15, 0.2) is 0 Å². The van der Waals surface area contributed by atoms with Crippen LogP contribution in [0.4, 0.5) is 22.7 Å². The highest BCUT2D eigenvalue weighted by Crippen LogP contribution is 2.44. The molecule has 1 unspecified atom stereocenters. The maximum Gasteiger partial charge on any atom is 0.104 e. The summed E-state index contributed by atoms with van der Waals surface area (Å²) >= 11 is 0. The Morgan fingerprint density at radius 3 is 1.75 bits per heavy atom. The number of nitrogens with one attached hydrogen (secondary N) is 1. The van der Waals surface area contributed by atoms with Gasteiger partial charge in [-0.1, -0.05) is 140 Å². The summed E-state index contributed by atoms with van der Waals surface area (Å²) in [6, 6.07) is 65.0. The van der Waals surface area contributed by atoms with Crippen LogP contribution >= 0.6 is 0 Å². The molecule has 0 saturated carbocycles. The summed E-state index contributed by atoms with van der Waals surface area (Å²) in [5, 5.41) is 14.1. The molecule has 1 aromatic heterocycles. The van der Waals surface area contributed by atoms with Crippen molar-refractivity contribution in [1.29, 1.82) is 5.26 Å². The van der Waals surface area contributed by atoms with Crippen LogP contribution in [-0.4, -0.2) is 11.1 Å². The molecule has 0 amide bonds. The van der Waals surface area contributed by atoms with Crippen molar-refractivity contribution in [3.63, 3.8) is 0 Å². The Balaban J connectivity index is 1.15. The molecule has 8 aromatic rings. The lowest BCUT2D eigenvalue weighted by atomic mass is 9.86. The number of aromatic nitrogens is 1. The number of rotatable bonds is 8. The zero-order chi connectivity index (χ0) is 38.0. The van der Waals surface area contributed by atoms with Crippen LogP contribution in [0.3, 0.4) is 0 Å². The van der Waals surface area contributed by atoms with Crippen LogP contribution in [0.25, 0.3) is 67.0 Å². The SMILES string of the molecule is CCC1Nc2ccccc2N1c1ccc(-c2ccc(C#N)c(-c3ccccc3-c3ccccc3-c3cc(-c4ccccc4)nc(-c4ccccc4)c3)c2)c(N)c1. The molecule has 1 atom stereocenters. The summed E-state index contributed by atoms with van der Waals surface area (Å²) in [6.45, 7) is 2.18. The molecular formula is C51H39N5. The summed E-state index contributed by atoms with van der Waals surface area (Å²) in [4.78, 5) is 7.45. The average Bonchev–Trinajstić information content (AvgIpc) is 3.65. The van der Waals surface area contributed by atoms with Gasteiger partial charge in [0.25, 0.3) is 0 Å². The van der Waals surface area contributed by atoms with Crippen LogP contribution in [0, 0.1) is 11.3 Å². The van der Waals surface area contributed by atoms with Crippen molar-refractivity contribution in [3.05, 3.63) is 188 Å². The highest BCUT2D eigenvalue weighted by atomic mass is 15.3. The van der Waals surface area contributed by atoms with E-state index in [-0.39, 0.29) is 6.17 Å². The zero-order valence-electron chi connectivity index (χ0n) is 31.0. The van der Waals surface area contributed by atoms with Crippen molar-refractivity contribution in [2.45, 2.75) is 19.5 Å². The summed E-state index contributed by atoms with van der Waals surface area (Å²) in [7, 11) is 0. The molecule has 0 saturated heterocycles. The molecule has 56 heavy (non-hydrogen) atoms. The molecular weight excluding hydrogens is 683 g/mol. The summed E-state index contributed by atoms with van der Waals surface area (Å²) in [5.41, 5.74) is 23.3. The maximum absolute atomic E-state index is 10.5. The van der Waals surface area contributed by atoms with Crippen LogP contribution in [0.5, 0.6) is 0 Å². The molecule has 0 aliphatic carbocycles. The van der Waals surface area contributed by atoms with Gasteiger partial charge in [-0.2, -0.15) is 5.26 Å². The first kappa shape index (κ1) is 34.4. The molecule has 0 radical (unpaired) electrons. The molecule has 1 aliphatic heterocycles. The monoisotopic (exact) mass is 721 g/mol. The minimum atomic E-state index is 0.139. The Morgan fingerprint density at radius 2 is 1.12 bits per heavy atom. The van der Waals surface area contributed by atoms with E-state index in [9.17, 15) is 5.26 Å². The van der Waals surface area contributed by atoms with Crippen LogP contribution in [0.2, 0.25) is 0 Å². The van der Waals surface area contributed by atoms with E-state index < -0.39 is 0 Å². The standard InChI is InChI=1S/C51H39N5/c1-2-51-55-47-23-13-14-24-50(47)56(51)39-27-28-41(46(53)32-39)36-25-26-37(33-52)45(29-36)44-22-12-11-21-43(44)42-20-10-9-19-40(42)38-30-48(34-15-5-3-6-16-34)54-49(31-38)35-17-7-4-8-18-35/h3-32,51,55H,2,53H2,1H3. The number of para-hydroxylation sites is 2. The molecule has 5 heteroatoms. The minimum absolute atomic E-state index is 0.139. The number of hydrogen-bond acceptors (Lipinski definition) is 5. The third-order valence-electron chi connectivity index (χ3n) is 10.7. The number of pyridine rings is 1. The minimum Gasteiger partial charge on any atom is -0.398 e. The highest BCUT2D eigenvalue weighted by Gasteiger charge is 2.28. The second-order valence-corrected chi connectivity index (χ2v) is 14.0. The molecule has 0 fully saturated rings. The van der Waals surface area contributed by atoms with Crippen molar-refractivity contribution < 1.29 is 0 Å². The van der Waals surface area contributed by atoms with Gasteiger partial charge in [-0.25, -0.2) is 4.98 Å². The van der Waals surface area contributed by atoms with Crippen molar-refractivity contribution in [1.82, 2.24) is 4.98 Å². The van der Waals surface area contributed by atoms with E-state index in [2.05, 4.69) is 151 Å². The number of benzene rings is 7. The Hall–Kier alpha value is -7.42. The number of nitrogens with two attached hydrogens (primary N) is 1. The quantitative estimate of drug-likeness (QED) is 0.153. The highest BCUT2D eigenvalue weighted by molar-refractivity contribution is 5.95. The second kappa shape index (κ2) is 14.8. The molecule has 2 heterocycles. The van der Waals surface area contributed by atoms with Crippen molar-refractivity contribution in [2.75, 3.05) is 16.0 Å². The van der Waals surface area contributed by atoms with E-state index in [1.807, 2.05) is 54.6 Å². The van der Waals surface area contributed by atoms with Crippen LogP contribution < -0.4 is 16.0 Å². The van der Waals surface area contributed by atoms with E-state index in [0.717, 1.165) is 90.5 Å². The summed E-state index contributed by atoms with van der Waals surface area (Å²) in [6.07, 6.45) is 1.07. The lowest BCUT2D eigenvalue weighted by Gasteiger charge is -2.27. The summed E-state index contributed by atoms with van der Waals surface area (Å²) in [5.74, 6) is 0. The first-order valence-electron chi connectivity index (χ1n) is 19.0. The van der Waals surface area contributed by atoms with Gasteiger partial charge >= 0.3 is 0 Å². The predicted octanol–water partition coefficient (Wildman–Crippen LogP) is 12.8.